The summed E-state index contributed by atoms with van der Waals surface area (Å²) in [7, 11) is 0. The molecule has 0 radical (unpaired) electrons. The molecule has 0 aliphatic heterocycles. The second kappa shape index (κ2) is 7.57. The van der Waals surface area contributed by atoms with Crippen LogP contribution in [-0.4, -0.2) is 33.8 Å². The van der Waals surface area contributed by atoms with Crippen LogP contribution in [0.3, 0.4) is 0 Å². The molecule has 0 bridgehead atoms. The van der Waals surface area contributed by atoms with E-state index in [0.717, 1.165) is 0 Å². The maximum absolute atomic E-state index is 10.3. The topological polar surface area (TPSA) is 69.6 Å². The average Bonchev–Trinajstić information content (AvgIpc) is 2.21. The van der Waals surface area contributed by atoms with Crippen LogP contribution in [0.4, 0.5) is 0 Å². The minimum atomic E-state index is -0.816. The Morgan fingerprint density at radius 2 is 1.94 bits per heavy atom. The summed E-state index contributed by atoms with van der Waals surface area (Å²) < 4.78 is 0. The molecule has 4 nitrogen and oxygen atoms in total. The largest absolute Gasteiger partial charge is 0.481 e. The molecule has 0 saturated heterocycles. The lowest BCUT2D eigenvalue weighted by atomic mass is 9.92. The maximum atomic E-state index is 10.3. The van der Waals surface area contributed by atoms with E-state index in [1.165, 1.54) is 0 Å². The number of carboxylic acids is 1. The zero-order valence-electron chi connectivity index (χ0n) is 10.1. The minimum absolute atomic E-state index is 0.0967. The van der Waals surface area contributed by atoms with Gasteiger partial charge in [0.25, 0.3) is 0 Å². The Morgan fingerprint density at radius 1 is 1.38 bits per heavy atom. The molecule has 2 atom stereocenters. The van der Waals surface area contributed by atoms with Crippen LogP contribution in [0.1, 0.15) is 33.6 Å². The maximum Gasteiger partial charge on any atom is 0.303 e. The fraction of sp³-hybridized carbons (Fsp3) is 0.818. The van der Waals surface area contributed by atoms with Gasteiger partial charge in [0.05, 0.1) is 0 Å². The zero-order valence-corrected chi connectivity index (χ0v) is 10.9. The molecular weight excluding hydrogens is 226 g/mol. The quantitative estimate of drug-likeness (QED) is 0.469. The molecule has 0 rings (SSSR count). The third-order valence-electron chi connectivity index (χ3n) is 2.68. The predicted molar refractivity (Wildman–Crippen MR) is 67.5 cm³/mol. The SMILES string of the molecule is CC(C)C(C)C(O)C(=S)NCCCC(=O)O. The standard InChI is InChI=1S/C11H21NO3S/c1-7(2)8(3)10(15)11(16)12-6-4-5-9(13)14/h7-8,10,15H,4-6H2,1-3H3,(H,12,16)(H,13,14). The van der Waals surface area contributed by atoms with Gasteiger partial charge in [0.2, 0.25) is 0 Å². The first-order valence-corrected chi connectivity index (χ1v) is 5.94. The number of aliphatic carboxylic acids is 1. The van der Waals surface area contributed by atoms with Gasteiger partial charge in [0, 0.05) is 13.0 Å². The number of hydrogen-bond donors (Lipinski definition) is 3. The van der Waals surface area contributed by atoms with Crippen molar-refractivity contribution in [3.63, 3.8) is 0 Å². The molecule has 0 fully saturated rings. The highest BCUT2D eigenvalue weighted by molar-refractivity contribution is 7.80. The number of carbonyl (C=O) groups is 1. The lowest BCUT2D eigenvalue weighted by Crippen LogP contribution is -2.39. The lowest BCUT2D eigenvalue weighted by Gasteiger charge is -2.23. The Morgan fingerprint density at radius 3 is 2.38 bits per heavy atom. The first-order valence-electron chi connectivity index (χ1n) is 5.53. The van der Waals surface area contributed by atoms with E-state index in [9.17, 15) is 9.90 Å². The van der Waals surface area contributed by atoms with Gasteiger partial charge in [-0.1, -0.05) is 33.0 Å². The predicted octanol–water partition coefficient (Wildman–Crippen LogP) is 1.42. The number of thiocarbonyl (C=S) groups is 1. The summed E-state index contributed by atoms with van der Waals surface area (Å²) in [6.07, 6.45) is -0.0243. The van der Waals surface area contributed by atoms with Gasteiger partial charge in [-0.25, -0.2) is 0 Å². The Kier molecular flexibility index (Phi) is 7.25. The average molecular weight is 247 g/mol. The Hall–Kier alpha value is -0.680. The van der Waals surface area contributed by atoms with Gasteiger partial charge < -0.3 is 15.5 Å². The van der Waals surface area contributed by atoms with Gasteiger partial charge in [0.1, 0.15) is 11.1 Å². The summed E-state index contributed by atoms with van der Waals surface area (Å²) in [5.74, 6) is -0.364. The van der Waals surface area contributed by atoms with Crippen molar-refractivity contribution in [1.29, 1.82) is 0 Å². The Balaban J connectivity index is 3.84. The van der Waals surface area contributed by atoms with Gasteiger partial charge in [-0.2, -0.15) is 0 Å². The molecule has 0 amide bonds. The second-order valence-electron chi connectivity index (χ2n) is 4.34. The van der Waals surface area contributed by atoms with Gasteiger partial charge >= 0.3 is 5.97 Å². The third-order valence-corrected chi connectivity index (χ3v) is 3.07. The van der Waals surface area contributed by atoms with E-state index >= 15 is 0 Å². The van der Waals surface area contributed by atoms with Crippen molar-refractivity contribution >= 4 is 23.2 Å². The molecule has 0 heterocycles. The molecule has 0 saturated carbocycles. The monoisotopic (exact) mass is 247 g/mol. The summed E-state index contributed by atoms with van der Waals surface area (Å²) in [5, 5.41) is 21.2. The number of hydrogen-bond acceptors (Lipinski definition) is 3. The number of aliphatic hydroxyl groups is 1. The molecule has 0 aliphatic rings. The summed E-state index contributed by atoms with van der Waals surface area (Å²) in [5.41, 5.74) is 0. The molecule has 0 aromatic carbocycles. The first kappa shape index (κ1) is 15.3. The smallest absolute Gasteiger partial charge is 0.303 e. The summed E-state index contributed by atoms with van der Waals surface area (Å²) in [4.78, 5) is 10.7. The van der Waals surface area contributed by atoms with Crippen LogP contribution in [0.2, 0.25) is 0 Å². The van der Waals surface area contributed by atoms with E-state index in [1.54, 1.807) is 0 Å². The van der Waals surface area contributed by atoms with E-state index in [4.69, 9.17) is 17.3 Å². The highest BCUT2D eigenvalue weighted by Gasteiger charge is 2.21. The van der Waals surface area contributed by atoms with Crippen molar-refractivity contribution in [1.82, 2.24) is 5.32 Å². The second-order valence-corrected chi connectivity index (χ2v) is 4.78. The van der Waals surface area contributed by atoms with E-state index in [2.05, 4.69) is 5.32 Å². The van der Waals surface area contributed by atoms with E-state index in [0.29, 0.717) is 23.9 Å². The van der Waals surface area contributed by atoms with Crippen molar-refractivity contribution in [2.24, 2.45) is 11.8 Å². The van der Waals surface area contributed by atoms with Crippen molar-refractivity contribution in [3.05, 3.63) is 0 Å². The summed E-state index contributed by atoms with van der Waals surface area (Å²) in [6, 6.07) is 0. The van der Waals surface area contributed by atoms with Gasteiger partial charge in [-0.05, 0) is 18.3 Å². The zero-order chi connectivity index (χ0) is 12.7. The molecule has 3 N–H and O–H groups in total. The van der Waals surface area contributed by atoms with Gasteiger partial charge in [-0.15, -0.1) is 0 Å². The molecule has 0 aromatic rings. The number of carboxylic acid groups (broad SMARTS) is 1. The Labute approximate surface area is 102 Å². The molecule has 0 aromatic heterocycles. The van der Waals surface area contributed by atoms with Crippen molar-refractivity contribution in [2.45, 2.75) is 39.7 Å². The van der Waals surface area contributed by atoms with Crippen molar-refractivity contribution < 1.29 is 15.0 Å². The fourth-order valence-corrected chi connectivity index (χ4v) is 1.48. The van der Waals surface area contributed by atoms with E-state index in [-0.39, 0.29) is 12.3 Å². The van der Waals surface area contributed by atoms with Crippen LogP contribution >= 0.6 is 12.2 Å². The van der Waals surface area contributed by atoms with Crippen LogP contribution < -0.4 is 5.32 Å². The number of rotatable bonds is 7. The van der Waals surface area contributed by atoms with E-state index in [1.807, 2.05) is 20.8 Å². The normalized spacial score (nSPS) is 14.6. The van der Waals surface area contributed by atoms with Crippen LogP contribution in [-0.2, 0) is 4.79 Å². The van der Waals surface area contributed by atoms with Crippen LogP contribution in [0, 0.1) is 11.8 Å². The fourth-order valence-electron chi connectivity index (χ4n) is 1.16. The number of aliphatic hydroxyl groups excluding tert-OH is 1. The first-order chi connectivity index (χ1) is 7.36. The van der Waals surface area contributed by atoms with E-state index < -0.39 is 12.1 Å². The molecule has 16 heavy (non-hydrogen) atoms. The Bertz CT molecular complexity index is 243. The minimum Gasteiger partial charge on any atom is -0.481 e. The van der Waals surface area contributed by atoms with Crippen LogP contribution in [0.25, 0.3) is 0 Å². The molecular formula is C11H21NO3S. The summed E-state index contributed by atoms with van der Waals surface area (Å²) in [6.45, 7) is 6.50. The van der Waals surface area contributed by atoms with Crippen LogP contribution in [0.15, 0.2) is 0 Å². The number of nitrogens with one attached hydrogen (secondary N) is 1. The summed E-state index contributed by atoms with van der Waals surface area (Å²) >= 11 is 5.04. The van der Waals surface area contributed by atoms with Crippen LogP contribution in [0.5, 0.6) is 0 Å². The van der Waals surface area contributed by atoms with Crippen molar-refractivity contribution in [2.75, 3.05) is 6.54 Å². The third kappa shape index (κ3) is 6.02. The van der Waals surface area contributed by atoms with Gasteiger partial charge in [0.15, 0.2) is 0 Å². The van der Waals surface area contributed by atoms with Crippen molar-refractivity contribution in [3.8, 4) is 0 Å². The highest BCUT2D eigenvalue weighted by atomic mass is 32.1. The molecule has 2 unspecified atom stereocenters. The molecule has 94 valence electrons. The lowest BCUT2D eigenvalue weighted by molar-refractivity contribution is -0.137. The molecule has 0 spiro atoms. The van der Waals surface area contributed by atoms with Gasteiger partial charge in [-0.3, -0.25) is 4.79 Å². The molecule has 5 heteroatoms. The highest BCUT2D eigenvalue weighted by Crippen LogP contribution is 2.15. The molecule has 0 aliphatic carbocycles.